The molecule has 0 radical (unpaired) electrons. The number of rotatable bonds is 5. The van der Waals surface area contributed by atoms with Crippen LogP contribution in [0.1, 0.15) is 5.56 Å². The third-order valence-electron chi connectivity index (χ3n) is 1.72. The van der Waals surface area contributed by atoms with E-state index in [0.717, 1.165) is 4.90 Å². The van der Waals surface area contributed by atoms with Gasteiger partial charge in [0.15, 0.2) is 0 Å². The molecule has 0 amide bonds. The van der Waals surface area contributed by atoms with Gasteiger partial charge in [0.25, 0.3) is 0 Å². The van der Waals surface area contributed by atoms with Gasteiger partial charge in [-0.3, -0.25) is 10.4 Å². The standard InChI is InChI=1S/C9H13N3O2S/c10-9(11)7-1-2-12-3-8(7)15-5-6(14)4-13/h1-3,6,13-14H,4-5H2,(H3,10,11). The van der Waals surface area contributed by atoms with Crippen molar-refractivity contribution in [1.29, 1.82) is 5.41 Å². The van der Waals surface area contributed by atoms with Crippen LogP contribution in [0.15, 0.2) is 23.4 Å². The lowest BCUT2D eigenvalue weighted by atomic mass is 10.2. The van der Waals surface area contributed by atoms with Gasteiger partial charge in [-0.05, 0) is 6.07 Å². The van der Waals surface area contributed by atoms with E-state index in [1.807, 2.05) is 0 Å². The predicted octanol–water partition coefficient (Wildman–Crippen LogP) is -0.189. The minimum absolute atomic E-state index is 0.0293. The molecule has 5 nitrogen and oxygen atoms in total. The van der Waals surface area contributed by atoms with Gasteiger partial charge >= 0.3 is 0 Å². The highest BCUT2D eigenvalue weighted by Crippen LogP contribution is 2.21. The summed E-state index contributed by atoms with van der Waals surface area (Å²) in [4.78, 5) is 4.65. The second kappa shape index (κ2) is 5.69. The summed E-state index contributed by atoms with van der Waals surface area (Å²) in [5.74, 6) is 0.320. The lowest BCUT2D eigenvalue weighted by Crippen LogP contribution is -2.16. The van der Waals surface area contributed by atoms with E-state index in [4.69, 9.17) is 16.2 Å². The summed E-state index contributed by atoms with van der Waals surface area (Å²) < 4.78 is 0. The zero-order valence-electron chi connectivity index (χ0n) is 8.05. The average Bonchev–Trinajstić information content (AvgIpc) is 2.26. The number of hydrogen-bond acceptors (Lipinski definition) is 5. The number of aliphatic hydroxyl groups excluding tert-OH is 2. The average molecular weight is 227 g/mol. The van der Waals surface area contributed by atoms with E-state index in [0.29, 0.717) is 11.3 Å². The van der Waals surface area contributed by atoms with Crippen LogP contribution in [0.25, 0.3) is 0 Å². The molecule has 15 heavy (non-hydrogen) atoms. The molecule has 82 valence electrons. The highest BCUT2D eigenvalue weighted by molar-refractivity contribution is 7.99. The van der Waals surface area contributed by atoms with Crippen LogP contribution in [-0.2, 0) is 0 Å². The van der Waals surface area contributed by atoms with Crippen molar-refractivity contribution in [3.8, 4) is 0 Å². The first kappa shape index (κ1) is 12.0. The van der Waals surface area contributed by atoms with E-state index in [2.05, 4.69) is 4.98 Å². The molecule has 1 unspecified atom stereocenters. The van der Waals surface area contributed by atoms with E-state index in [-0.39, 0.29) is 12.4 Å². The van der Waals surface area contributed by atoms with Crippen molar-refractivity contribution < 1.29 is 10.2 Å². The zero-order chi connectivity index (χ0) is 11.3. The summed E-state index contributed by atoms with van der Waals surface area (Å²) in [5, 5.41) is 25.1. The molecule has 1 aromatic heterocycles. The van der Waals surface area contributed by atoms with Crippen LogP contribution >= 0.6 is 11.8 Å². The summed E-state index contributed by atoms with van der Waals surface area (Å²) in [5.41, 5.74) is 5.98. The number of aromatic nitrogens is 1. The first-order valence-corrected chi connectivity index (χ1v) is 5.34. The quantitative estimate of drug-likeness (QED) is 0.317. The van der Waals surface area contributed by atoms with Crippen LogP contribution in [0.4, 0.5) is 0 Å². The zero-order valence-corrected chi connectivity index (χ0v) is 8.87. The molecule has 0 aliphatic carbocycles. The Kier molecular flexibility index (Phi) is 4.54. The maximum Gasteiger partial charge on any atom is 0.124 e. The van der Waals surface area contributed by atoms with E-state index < -0.39 is 6.10 Å². The molecule has 0 aromatic carbocycles. The van der Waals surface area contributed by atoms with E-state index in [9.17, 15) is 5.11 Å². The van der Waals surface area contributed by atoms with Gasteiger partial charge in [-0.15, -0.1) is 11.8 Å². The molecular formula is C9H13N3O2S. The Labute approximate surface area is 91.8 Å². The largest absolute Gasteiger partial charge is 0.394 e. The molecule has 6 heteroatoms. The fourth-order valence-corrected chi connectivity index (χ4v) is 1.90. The van der Waals surface area contributed by atoms with Crippen molar-refractivity contribution in [3.05, 3.63) is 24.0 Å². The van der Waals surface area contributed by atoms with Crippen LogP contribution in [0.2, 0.25) is 0 Å². The molecular weight excluding hydrogens is 214 g/mol. The van der Waals surface area contributed by atoms with E-state index in [1.165, 1.54) is 11.8 Å². The van der Waals surface area contributed by atoms with Crippen molar-refractivity contribution in [2.75, 3.05) is 12.4 Å². The number of nitrogens with one attached hydrogen (secondary N) is 1. The summed E-state index contributed by atoms with van der Waals surface area (Å²) in [6.07, 6.45) is 2.38. The molecule has 1 atom stereocenters. The topological polar surface area (TPSA) is 103 Å². The second-order valence-corrected chi connectivity index (χ2v) is 3.99. The monoisotopic (exact) mass is 227 g/mol. The number of amidine groups is 1. The van der Waals surface area contributed by atoms with Gasteiger partial charge in [0.05, 0.1) is 12.7 Å². The van der Waals surface area contributed by atoms with Gasteiger partial charge in [-0.25, -0.2) is 0 Å². The first-order chi connectivity index (χ1) is 7.15. The van der Waals surface area contributed by atoms with Gasteiger partial charge < -0.3 is 15.9 Å². The normalized spacial score (nSPS) is 12.4. The third-order valence-corrected chi connectivity index (χ3v) is 2.90. The summed E-state index contributed by atoms with van der Waals surface area (Å²) in [7, 11) is 0. The number of pyridine rings is 1. The lowest BCUT2D eigenvalue weighted by molar-refractivity contribution is 0.113. The minimum Gasteiger partial charge on any atom is -0.394 e. The Morgan fingerprint density at radius 1 is 1.67 bits per heavy atom. The van der Waals surface area contributed by atoms with E-state index in [1.54, 1.807) is 18.5 Å². The molecule has 1 rings (SSSR count). The summed E-state index contributed by atoms with van der Waals surface area (Å²) >= 11 is 1.31. The van der Waals surface area contributed by atoms with Crippen LogP contribution in [0, 0.1) is 5.41 Å². The second-order valence-electron chi connectivity index (χ2n) is 2.93. The Morgan fingerprint density at radius 3 is 3.00 bits per heavy atom. The van der Waals surface area contributed by atoms with Crippen molar-refractivity contribution in [2.24, 2.45) is 5.73 Å². The number of hydrogen-bond donors (Lipinski definition) is 4. The number of thioether (sulfide) groups is 1. The SMILES string of the molecule is N=C(N)c1ccncc1SCC(O)CO. The number of nitrogen functional groups attached to an aromatic ring is 1. The lowest BCUT2D eigenvalue weighted by Gasteiger charge is -2.09. The molecule has 0 aliphatic rings. The highest BCUT2D eigenvalue weighted by atomic mass is 32.2. The van der Waals surface area contributed by atoms with Crippen LogP contribution in [-0.4, -0.2) is 39.5 Å². The number of nitrogens with zero attached hydrogens (tertiary/aromatic N) is 1. The molecule has 0 bridgehead atoms. The first-order valence-electron chi connectivity index (χ1n) is 4.35. The molecule has 0 saturated heterocycles. The van der Waals surface area contributed by atoms with Gasteiger partial charge in [-0.1, -0.05) is 0 Å². The maximum absolute atomic E-state index is 9.17. The fraction of sp³-hybridized carbons (Fsp3) is 0.333. The minimum atomic E-state index is -0.769. The highest BCUT2D eigenvalue weighted by Gasteiger charge is 2.08. The van der Waals surface area contributed by atoms with E-state index >= 15 is 0 Å². The Bertz CT molecular complexity index is 346. The van der Waals surface area contributed by atoms with Crippen molar-refractivity contribution in [1.82, 2.24) is 4.98 Å². The molecule has 1 aromatic rings. The van der Waals surface area contributed by atoms with Crippen molar-refractivity contribution >= 4 is 17.6 Å². The Morgan fingerprint density at radius 2 is 2.40 bits per heavy atom. The molecule has 0 saturated carbocycles. The number of nitrogens with two attached hydrogens (primary N) is 1. The van der Waals surface area contributed by atoms with Crippen LogP contribution < -0.4 is 5.73 Å². The molecule has 0 aliphatic heterocycles. The van der Waals surface area contributed by atoms with Crippen molar-refractivity contribution in [3.63, 3.8) is 0 Å². The van der Waals surface area contributed by atoms with Crippen LogP contribution in [0.5, 0.6) is 0 Å². The Balaban J connectivity index is 2.72. The van der Waals surface area contributed by atoms with Crippen molar-refractivity contribution in [2.45, 2.75) is 11.0 Å². The maximum atomic E-state index is 9.17. The summed E-state index contributed by atoms with van der Waals surface area (Å²) in [6.45, 7) is -0.275. The molecule has 0 fully saturated rings. The van der Waals surface area contributed by atoms with Gasteiger partial charge in [0, 0.05) is 28.6 Å². The van der Waals surface area contributed by atoms with Crippen LogP contribution in [0.3, 0.4) is 0 Å². The predicted molar refractivity (Wildman–Crippen MR) is 59.1 cm³/mol. The fourth-order valence-electron chi connectivity index (χ4n) is 0.956. The van der Waals surface area contributed by atoms with Gasteiger partial charge in [0.1, 0.15) is 5.84 Å². The van der Waals surface area contributed by atoms with Gasteiger partial charge in [0.2, 0.25) is 0 Å². The number of aliphatic hydroxyl groups is 2. The third kappa shape index (κ3) is 3.50. The Hall–Kier alpha value is -1.11. The van der Waals surface area contributed by atoms with Gasteiger partial charge in [-0.2, -0.15) is 0 Å². The summed E-state index contributed by atoms with van der Waals surface area (Å²) in [6, 6.07) is 1.65. The molecule has 5 N–H and O–H groups in total. The smallest absolute Gasteiger partial charge is 0.124 e. The molecule has 0 spiro atoms. The molecule has 1 heterocycles.